The summed E-state index contributed by atoms with van der Waals surface area (Å²) in [5.41, 5.74) is 1.63. The quantitative estimate of drug-likeness (QED) is 0.868. The van der Waals surface area contributed by atoms with E-state index >= 15 is 0 Å². The van der Waals surface area contributed by atoms with Crippen LogP contribution in [0.15, 0.2) is 18.2 Å². The minimum atomic E-state index is -0.159. The lowest BCUT2D eigenvalue weighted by atomic mass is 10.1. The van der Waals surface area contributed by atoms with Gasteiger partial charge in [0.25, 0.3) is 0 Å². The SMILES string of the molecule is Cc1cc(NCC2CCC(C)(C)O2)ccc1F. The van der Waals surface area contributed by atoms with Gasteiger partial charge in [-0.15, -0.1) is 0 Å². The number of hydrogen-bond acceptors (Lipinski definition) is 2. The van der Waals surface area contributed by atoms with E-state index in [-0.39, 0.29) is 17.5 Å². The predicted octanol–water partition coefficient (Wildman–Crippen LogP) is 3.50. The second-order valence-corrected chi connectivity index (χ2v) is 5.38. The van der Waals surface area contributed by atoms with Crippen molar-refractivity contribution >= 4 is 5.69 Å². The molecule has 0 amide bonds. The minimum absolute atomic E-state index is 0.00502. The number of anilines is 1. The summed E-state index contributed by atoms with van der Waals surface area (Å²) in [4.78, 5) is 0. The summed E-state index contributed by atoms with van der Waals surface area (Å²) in [5.74, 6) is -0.159. The van der Waals surface area contributed by atoms with Gasteiger partial charge in [0.1, 0.15) is 5.82 Å². The van der Waals surface area contributed by atoms with Gasteiger partial charge in [-0.05, 0) is 57.4 Å². The molecule has 1 atom stereocenters. The number of halogens is 1. The first-order valence-electron chi connectivity index (χ1n) is 6.14. The molecular weight excluding hydrogens is 217 g/mol. The Morgan fingerprint density at radius 1 is 1.47 bits per heavy atom. The van der Waals surface area contributed by atoms with Crippen LogP contribution in [0.2, 0.25) is 0 Å². The molecule has 1 unspecified atom stereocenters. The molecule has 0 saturated carbocycles. The zero-order valence-corrected chi connectivity index (χ0v) is 10.7. The Bertz CT molecular complexity index is 403. The molecular formula is C14H20FNO. The second kappa shape index (κ2) is 4.65. The highest BCUT2D eigenvalue weighted by atomic mass is 19.1. The van der Waals surface area contributed by atoms with E-state index in [0.29, 0.717) is 5.56 Å². The summed E-state index contributed by atoms with van der Waals surface area (Å²) in [5, 5.41) is 3.30. The lowest BCUT2D eigenvalue weighted by Gasteiger charge is -2.19. The van der Waals surface area contributed by atoms with Crippen LogP contribution in [0.4, 0.5) is 10.1 Å². The molecule has 1 aliphatic heterocycles. The molecule has 1 heterocycles. The zero-order chi connectivity index (χ0) is 12.5. The highest BCUT2D eigenvalue weighted by Crippen LogP contribution is 2.29. The predicted molar refractivity (Wildman–Crippen MR) is 67.8 cm³/mol. The van der Waals surface area contributed by atoms with Crippen LogP contribution in [0.3, 0.4) is 0 Å². The number of aryl methyl sites for hydroxylation is 1. The number of rotatable bonds is 3. The molecule has 1 N–H and O–H groups in total. The van der Waals surface area contributed by atoms with E-state index < -0.39 is 0 Å². The first-order valence-corrected chi connectivity index (χ1v) is 6.14. The van der Waals surface area contributed by atoms with Gasteiger partial charge >= 0.3 is 0 Å². The summed E-state index contributed by atoms with van der Waals surface area (Å²) in [6.45, 7) is 6.80. The number of ether oxygens (including phenoxy) is 1. The third-order valence-corrected chi connectivity index (χ3v) is 3.25. The van der Waals surface area contributed by atoms with Gasteiger partial charge in [-0.2, -0.15) is 0 Å². The molecule has 3 heteroatoms. The molecule has 1 aliphatic rings. The van der Waals surface area contributed by atoms with Crippen LogP contribution in [0.1, 0.15) is 32.3 Å². The van der Waals surface area contributed by atoms with Crippen molar-refractivity contribution in [2.75, 3.05) is 11.9 Å². The van der Waals surface area contributed by atoms with Crippen LogP contribution in [0.5, 0.6) is 0 Å². The van der Waals surface area contributed by atoms with Crippen molar-refractivity contribution in [3.8, 4) is 0 Å². The molecule has 0 spiro atoms. The summed E-state index contributed by atoms with van der Waals surface area (Å²) in [6, 6.07) is 5.09. The summed E-state index contributed by atoms with van der Waals surface area (Å²) >= 11 is 0. The summed E-state index contributed by atoms with van der Waals surface area (Å²) < 4.78 is 19.0. The van der Waals surface area contributed by atoms with E-state index in [4.69, 9.17) is 4.74 Å². The molecule has 0 radical (unpaired) electrons. The molecule has 1 saturated heterocycles. The molecule has 1 aromatic carbocycles. The van der Waals surface area contributed by atoms with Gasteiger partial charge in [0.15, 0.2) is 0 Å². The number of nitrogens with one attached hydrogen (secondary N) is 1. The fourth-order valence-corrected chi connectivity index (χ4v) is 2.21. The molecule has 2 nitrogen and oxygen atoms in total. The van der Waals surface area contributed by atoms with Crippen molar-refractivity contribution in [1.82, 2.24) is 0 Å². The maximum absolute atomic E-state index is 13.1. The van der Waals surface area contributed by atoms with E-state index in [1.54, 1.807) is 13.0 Å². The first-order chi connectivity index (χ1) is 7.96. The van der Waals surface area contributed by atoms with Gasteiger partial charge in [0, 0.05) is 12.2 Å². The van der Waals surface area contributed by atoms with Gasteiger partial charge in [-0.1, -0.05) is 0 Å². The van der Waals surface area contributed by atoms with Crippen LogP contribution in [0, 0.1) is 12.7 Å². The third kappa shape index (κ3) is 3.19. The first kappa shape index (κ1) is 12.4. The van der Waals surface area contributed by atoms with Gasteiger partial charge in [-0.3, -0.25) is 0 Å². The fourth-order valence-electron chi connectivity index (χ4n) is 2.21. The molecule has 0 aromatic heterocycles. The third-order valence-electron chi connectivity index (χ3n) is 3.25. The molecule has 94 valence electrons. The van der Waals surface area contributed by atoms with Crippen LogP contribution in [0.25, 0.3) is 0 Å². The van der Waals surface area contributed by atoms with E-state index in [1.165, 1.54) is 6.07 Å². The Hall–Kier alpha value is -1.09. The Labute approximate surface area is 102 Å². The Morgan fingerprint density at radius 3 is 2.82 bits per heavy atom. The van der Waals surface area contributed by atoms with Gasteiger partial charge in [0.05, 0.1) is 11.7 Å². The van der Waals surface area contributed by atoms with Crippen LogP contribution in [-0.2, 0) is 4.74 Å². The number of benzene rings is 1. The average Bonchev–Trinajstić information content (AvgIpc) is 2.60. The van der Waals surface area contributed by atoms with Crippen molar-refractivity contribution in [2.45, 2.75) is 45.3 Å². The molecule has 1 aromatic rings. The van der Waals surface area contributed by atoms with Crippen molar-refractivity contribution in [1.29, 1.82) is 0 Å². The van der Waals surface area contributed by atoms with Crippen molar-refractivity contribution in [2.24, 2.45) is 0 Å². The molecule has 17 heavy (non-hydrogen) atoms. The molecule has 0 aliphatic carbocycles. The zero-order valence-electron chi connectivity index (χ0n) is 10.7. The van der Waals surface area contributed by atoms with E-state index in [9.17, 15) is 4.39 Å². The van der Waals surface area contributed by atoms with Crippen molar-refractivity contribution < 1.29 is 9.13 Å². The van der Waals surface area contributed by atoms with Crippen molar-refractivity contribution in [3.05, 3.63) is 29.6 Å². The van der Waals surface area contributed by atoms with Gasteiger partial charge < -0.3 is 10.1 Å². The lowest BCUT2D eigenvalue weighted by molar-refractivity contribution is -0.00910. The molecule has 1 fully saturated rings. The van der Waals surface area contributed by atoms with Crippen LogP contribution in [-0.4, -0.2) is 18.2 Å². The largest absolute Gasteiger partial charge is 0.382 e. The van der Waals surface area contributed by atoms with Gasteiger partial charge in [-0.25, -0.2) is 4.39 Å². The molecule has 0 bridgehead atoms. The standard InChI is InChI=1S/C14H20FNO/c1-10-8-11(4-5-13(10)15)16-9-12-6-7-14(2,3)17-12/h4-5,8,12,16H,6-7,9H2,1-3H3. The summed E-state index contributed by atoms with van der Waals surface area (Å²) in [7, 11) is 0. The minimum Gasteiger partial charge on any atom is -0.382 e. The Morgan fingerprint density at radius 2 is 2.24 bits per heavy atom. The highest BCUT2D eigenvalue weighted by Gasteiger charge is 2.31. The van der Waals surface area contributed by atoms with E-state index in [0.717, 1.165) is 25.1 Å². The Balaban J connectivity index is 1.88. The maximum atomic E-state index is 13.1. The Kier molecular flexibility index (Phi) is 3.38. The van der Waals surface area contributed by atoms with E-state index in [1.807, 2.05) is 6.07 Å². The highest BCUT2D eigenvalue weighted by molar-refractivity contribution is 5.46. The monoisotopic (exact) mass is 237 g/mol. The second-order valence-electron chi connectivity index (χ2n) is 5.38. The molecule has 2 rings (SSSR count). The van der Waals surface area contributed by atoms with Crippen LogP contribution >= 0.6 is 0 Å². The van der Waals surface area contributed by atoms with Crippen molar-refractivity contribution in [3.63, 3.8) is 0 Å². The summed E-state index contributed by atoms with van der Waals surface area (Å²) in [6.07, 6.45) is 2.44. The van der Waals surface area contributed by atoms with E-state index in [2.05, 4.69) is 19.2 Å². The fraction of sp³-hybridized carbons (Fsp3) is 0.571. The average molecular weight is 237 g/mol. The van der Waals surface area contributed by atoms with Gasteiger partial charge in [0.2, 0.25) is 0 Å². The number of hydrogen-bond donors (Lipinski definition) is 1. The lowest BCUT2D eigenvalue weighted by Crippen LogP contribution is -2.24. The maximum Gasteiger partial charge on any atom is 0.126 e. The van der Waals surface area contributed by atoms with Crippen LogP contribution < -0.4 is 5.32 Å². The smallest absolute Gasteiger partial charge is 0.126 e. The topological polar surface area (TPSA) is 21.3 Å². The normalized spacial score (nSPS) is 22.7.